The number of ether oxygens (including phenoxy) is 1. The van der Waals surface area contributed by atoms with E-state index in [1.54, 1.807) is 4.90 Å². The molecule has 0 spiro atoms. The Bertz CT molecular complexity index is 312. The topological polar surface area (TPSA) is 66.8 Å². The van der Waals surface area contributed by atoms with Gasteiger partial charge in [0, 0.05) is 19.7 Å². The van der Waals surface area contributed by atoms with Crippen molar-refractivity contribution in [3.8, 4) is 0 Å². The van der Waals surface area contributed by atoms with Crippen LogP contribution in [-0.4, -0.2) is 47.7 Å². The summed E-state index contributed by atoms with van der Waals surface area (Å²) in [6.45, 7) is 1.80. The van der Waals surface area contributed by atoms with Crippen LogP contribution in [0.15, 0.2) is 0 Å². The molecule has 2 aliphatic heterocycles. The Morgan fingerprint density at radius 1 is 1.22 bits per heavy atom. The molecular formula is C13H21NO4. The number of hydrogen-bond acceptors (Lipinski definition) is 3. The molecule has 0 radical (unpaired) electrons. The lowest BCUT2D eigenvalue weighted by molar-refractivity contribution is -0.146. The molecule has 2 atom stereocenters. The van der Waals surface area contributed by atoms with Crippen molar-refractivity contribution in [2.45, 2.75) is 44.6 Å². The summed E-state index contributed by atoms with van der Waals surface area (Å²) in [5.74, 6) is -1.13. The van der Waals surface area contributed by atoms with Gasteiger partial charge in [0.1, 0.15) is 0 Å². The second-order valence-electron chi connectivity index (χ2n) is 5.21. The van der Waals surface area contributed by atoms with Crippen LogP contribution in [0.3, 0.4) is 0 Å². The van der Waals surface area contributed by atoms with Crippen LogP contribution in [0, 0.1) is 5.92 Å². The molecule has 0 bridgehead atoms. The summed E-state index contributed by atoms with van der Waals surface area (Å²) in [5.41, 5.74) is 0. The summed E-state index contributed by atoms with van der Waals surface area (Å²) < 4.78 is 5.55. The fourth-order valence-corrected chi connectivity index (χ4v) is 2.70. The number of carboxylic acid groups (broad SMARTS) is 1. The third kappa shape index (κ3) is 3.45. The number of hydrogen-bond donors (Lipinski definition) is 1. The SMILES string of the molecule is O=C(O)[C@@H]1CCCN(C(=O)C[C@H]2CCCCO2)C1. The zero-order chi connectivity index (χ0) is 13.0. The average Bonchev–Trinajstić information content (AvgIpc) is 2.40. The molecule has 2 saturated heterocycles. The first-order valence-electron chi connectivity index (χ1n) is 6.79. The van der Waals surface area contributed by atoms with E-state index in [-0.39, 0.29) is 12.0 Å². The third-order valence-corrected chi connectivity index (χ3v) is 3.80. The van der Waals surface area contributed by atoms with E-state index in [1.165, 1.54) is 0 Å². The summed E-state index contributed by atoms with van der Waals surface area (Å²) in [6, 6.07) is 0. The molecule has 1 N–H and O–H groups in total. The largest absolute Gasteiger partial charge is 0.481 e. The van der Waals surface area contributed by atoms with E-state index in [1.807, 2.05) is 0 Å². The molecule has 0 unspecified atom stereocenters. The van der Waals surface area contributed by atoms with Crippen molar-refractivity contribution < 1.29 is 19.4 Å². The second kappa shape index (κ2) is 6.18. The normalized spacial score (nSPS) is 29.0. The molecule has 2 aliphatic rings. The first-order valence-corrected chi connectivity index (χ1v) is 6.79. The lowest BCUT2D eigenvalue weighted by atomic mass is 9.97. The van der Waals surface area contributed by atoms with Crippen LogP contribution < -0.4 is 0 Å². The maximum atomic E-state index is 12.1. The highest BCUT2D eigenvalue weighted by Crippen LogP contribution is 2.20. The van der Waals surface area contributed by atoms with Gasteiger partial charge in [0.2, 0.25) is 5.91 Å². The van der Waals surface area contributed by atoms with Gasteiger partial charge in [0.15, 0.2) is 0 Å². The van der Waals surface area contributed by atoms with E-state index in [2.05, 4.69) is 0 Å². The molecule has 0 aromatic rings. The molecule has 2 rings (SSSR count). The van der Waals surface area contributed by atoms with Crippen molar-refractivity contribution in [1.29, 1.82) is 0 Å². The lowest BCUT2D eigenvalue weighted by Crippen LogP contribution is -2.43. The number of piperidine rings is 1. The van der Waals surface area contributed by atoms with Crippen molar-refractivity contribution in [3.05, 3.63) is 0 Å². The molecular weight excluding hydrogens is 234 g/mol. The number of rotatable bonds is 3. The number of carboxylic acids is 1. The summed E-state index contributed by atoms with van der Waals surface area (Å²) >= 11 is 0. The van der Waals surface area contributed by atoms with Crippen LogP contribution in [0.1, 0.15) is 38.5 Å². The number of carbonyl (C=O) groups is 2. The molecule has 2 fully saturated rings. The summed E-state index contributed by atoms with van der Waals surface area (Å²) in [6.07, 6.45) is 5.06. The number of amides is 1. The van der Waals surface area contributed by atoms with Crippen molar-refractivity contribution in [2.24, 2.45) is 5.92 Å². The first kappa shape index (κ1) is 13.3. The zero-order valence-corrected chi connectivity index (χ0v) is 10.6. The predicted molar refractivity (Wildman–Crippen MR) is 65.1 cm³/mol. The Kier molecular flexibility index (Phi) is 4.58. The van der Waals surface area contributed by atoms with Crippen LogP contribution in [-0.2, 0) is 14.3 Å². The van der Waals surface area contributed by atoms with Crippen LogP contribution >= 0.6 is 0 Å². The van der Waals surface area contributed by atoms with E-state index in [0.29, 0.717) is 25.9 Å². The fourth-order valence-electron chi connectivity index (χ4n) is 2.70. The van der Waals surface area contributed by atoms with Gasteiger partial charge < -0.3 is 14.7 Å². The van der Waals surface area contributed by atoms with E-state index in [9.17, 15) is 9.59 Å². The van der Waals surface area contributed by atoms with Gasteiger partial charge in [-0.2, -0.15) is 0 Å². The van der Waals surface area contributed by atoms with Crippen molar-refractivity contribution >= 4 is 11.9 Å². The molecule has 5 heteroatoms. The van der Waals surface area contributed by atoms with E-state index >= 15 is 0 Å². The average molecular weight is 255 g/mol. The Labute approximate surface area is 107 Å². The van der Waals surface area contributed by atoms with Gasteiger partial charge >= 0.3 is 5.97 Å². The maximum absolute atomic E-state index is 12.1. The van der Waals surface area contributed by atoms with E-state index in [4.69, 9.17) is 9.84 Å². The van der Waals surface area contributed by atoms with Crippen molar-refractivity contribution in [1.82, 2.24) is 4.90 Å². The van der Waals surface area contributed by atoms with Gasteiger partial charge in [-0.3, -0.25) is 9.59 Å². The highest BCUT2D eigenvalue weighted by Gasteiger charge is 2.29. The maximum Gasteiger partial charge on any atom is 0.308 e. The number of carbonyl (C=O) groups excluding carboxylic acids is 1. The van der Waals surface area contributed by atoms with Gasteiger partial charge in [0.05, 0.1) is 18.4 Å². The molecule has 0 aromatic heterocycles. The monoisotopic (exact) mass is 255 g/mol. The Balaban J connectivity index is 1.82. The van der Waals surface area contributed by atoms with Gasteiger partial charge in [-0.1, -0.05) is 0 Å². The fraction of sp³-hybridized carbons (Fsp3) is 0.846. The summed E-state index contributed by atoms with van der Waals surface area (Å²) in [4.78, 5) is 24.7. The molecule has 18 heavy (non-hydrogen) atoms. The van der Waals surface area contributed by atoms with Crippen molar-refractivity contribution in [3.63, 3.8) is 0 Å². The second-order valence-corrected chi connectivity index (χ2v) is 5.21. The molecule has 0 aliphatic carbocycles. The van der Waals surface area contributed by atoms with Gasteiger partial charge in [-0.15, -0.1) is 0 Å². The number of aliphatic carboxylic acids is 1. The highest BCUT2D eigenvalue weighted by molar-refractivity contribution is 5.78. The molecule has 2 heterocycles. The van der Waals surface area contributed by atoms with Crippen LogP contribution in [0.4, 0.5) is 0 Å². The van der Waals surface area contributed by atoms with Gasteiger partial charge in [0.25, 0.3) is 0 Å². The minimum Gasteiger partial charge on any atom is -0.481 e. The van der Waals surface area contributed by atoms with Crippen LogP contribution in [0.5, 0.6) is 0 Å². The summed E-state index contributed by atoms with van der Waals surface area (Å²) in [7, 11) is 0. The molecule has 5 nitrogen and oxygen atoms in total. The van der Waals surface area contributed by atoms with Crippen LogP contribution in [0.2, 0.25) is 0 Å². The number of likely N-dealkylation sites (tertiary alicyclic amines) is 1. The first-order chi connectivity index (χ1) is 8.66. The van der Waals surface area contributed by atoms with Crippen LogP contribution in [0.25, 0.3) is 0 Å². The number of nitrogens with zero attached hydrogens (tertiary/aromatic N) is 1. The molecule has 0 saturated carbocycles. The predicted octanol–water partition coefficient (Wildman–Crippen LogP) is 1.27. The third-order valence-electron chi connectivity index (χ3n) is 3.80. The van der Waals surface area contributed by atoms with Gasteiger partial charge in [-0.25, -0.2) is 0 Å². The standard InChI is InChI=1S/C13H21NO4/c15-12(8-11-5-1-2-7-18-11)14-6-3-4-10(9-14)13(16)17/h10-11H,1-9H2,(H,16,17)/t10-,11-/m1/s1. The molecule has 1 amide bonds. The lowest BCUT2D eigenvalue weighted by Gasteiger charge is -2.32. The molecule has 102 valence electrons. The Morgan fingerprint density at radius 3 is 2.72 bits per heavy atom. The highest BCUT2D eigenvalue weighted by atomic mass is 16.5. The minimum absolute atomic E-state index is 0.0384. The van der Waals surface area contributed by atoms with Crippen molar-refractivity contribution in [2.75, 3.05) is 19.7 Å². The quantitative estimate of drug-likeness (QED) is 0.824. The summed E-state index contributed by atoms with van der Waals surface area (Å²) in [5, 5.41) is 9.00. The molecule has 0 aromatic carbocycles. The van der Waals surface area contributed by atoms with E-state index < -0.39 is 11.9 Å². The minimum atomic E-state index is -0.790. The van der Waals surface area contributed by atoms with E-state index in [0.717, 1.165) is 32.3 Å². The Hall–Kier alpha value is -1.10. The Morgan fingerprint density at radius 2 is 2.06 bits per heavy atom. The zero-order valence-electron chi connectivity index (χ0n) is 10.6. The smallest absolute Gasteiger partial charge is 0.308 e. The van der Waals surface area contributed by atoms with Gasteiger partial charge in [-0.05, 0) is 32.1 Å².